The molecule has 0 aromatic carbocycles. The van der Waals surface area contributed by atoms with Crippen LogP contribution in [0.3, 0.4) is 0 Å². The minimum atomic E-state index is 0.651. The van der Waals surface area contributed by atoms with Gasteiger partial charge in [-0.3, -0.25) is 0 Å². The monoisotopic (exact) mass is 207 g/mol. The Bertz CT molecular complexity index is 281. The summed E-state index contributed by atoms with van der Waals surface area (Å²) in [6, 6.07) is 2.73. The van der Waals surface area contributed by atoms with Crippen molar-refractivity contribution in [2.75, 3.05) is 6.54 Å². The molecule has 1 fully saturated rings. The highest BCUT2D eigenvalue weighted by atomic mass is 16.3. The van der Waals surface area contributed by atoms with Gasteiger partial charge in [-0.2, -0.15) is 0 Å². The maximum atomic E-state index is 5.12. The quantitative estimate of drug-likeness (QED) is 0.776. The number of hydrogen-bond donors (Lipinski definition) is 1. The summed E-state index contributed by atoms with van der Waals surface area (Å²) in [5.41, 5.74) is 1.32. The number of rotatable bonds is 6. The minimum absolute atomic E-state index is 0.651. The first-order chi connectivity index (χ1) is 7.31. The maximum Gasteiger partial charge on any atom is 0.0935 e. The lowest BCUT2D eigenvalue weighted by molar-refractivity contribution is 0.441. The molecule has 2 heteroatoms. The molecule has 1 aliphatic rings. The van der Waals surface area contributed by atoms with Crippen molar-refractivity contribution in [3.8, 4) is 0 Å². The first kappa shape index (κ1) is 10.7. The normalized spacial score (nSPS) is 26.5. The van der Waals surface area contributed by atoms with Crippen molar-refractivity contribution in [3.05, 3.63) is 24.2 Å². The Kier molecular flexibility index (Phi) is 3.47. The average molecular weight is 207 g/mol. The largest absolute Gasteiger partial charge is 0.472 e. The standard InChI is InChI=1S/C13H21NO/c1-3-5-14-13(12-7-10(12)2)8-11-4-6-15-9-11/h4,6,9-10,12-14H,3,5,7-8H2,1-2H3. The summed E-state index contributed by atoms with van der Waals surface area (Å²) in [4.78, 5) is 0. The van der Waals surface area contributed by atoms with Gasteiger partial charge in [-0.25, -0.2) is 0 Å². The summed E-state index contributed by atoms with van der Waals surface area (Å²) in [6.45, 7) is 5.70. The summed E-state index contributed by atoms with van der Waals surface area (Å²) in [7, 11) is 0. The van der Waals surface area contributed by atoms with Gasteiger partial charge in [0.05, 0.1) is 12.5 Å². The van der Waals surface area contributed by atoms with Crippen LogP contribution in [0.1, 0.15) is 32.3 Å². The molecule has 0 saturated heterocycles. The molecule has 1 aromatic rings. The number of hydrogen-bond acceptors (Lipinski definition) is 2. The van der Waals surface area contributed by atoms with Gasteiger partial charge in [0.25, 0.3) is 0 Å². The van der Waals surface area contributed by atoms with E-state index in [1.165, 1.54) is 18.4 Å². The van der Waals surface area contributed by atoms with E-state index in [0.29, 0.717) is 6.04 Å². The van der Waals surface area contributed by atoms with Crippen molar-refractivity contribution < 1.29 is 4.42 Å². The molecule has 15 heavy (non-hydrogen) atoms. The second-order valence-electron chi connectivity index (χ2n) is 4.77. The molecule has 1 N–H and O–H groups in total. The second-order valence-corrected chi connectivity index (χ2v) is 4.77. The van der Waals surface area contributed by atoms with Crippen LogP contribution in [0, 0.1) is 11.8 Å². The van der Waals surface area contributed by atoms with Gasteiger partial charge in [0.1, 0.15) is 0 Å². The zero-order valence-corrected chi connectivity index (χ0v) is 9.70. The Morgan fingerprint density at radius 1 is 1.60 bits per heavy atom. The fourth-order valence-electron chi connectivity index (χ4n) is 2.28. The van der Waals surface area contributed by atoms with Gasteiger partial charge in [-0.1, -0.05) is 13.8 Å². The van der Waals surface area contributed by atoms with Gasteiger partial charge in [0.15, 0.2) is 0 Å². The van der Waals surface area contributed by atoms with E-state index in [1.54, 1.807) is 6.26 Å². The third-order valence-corrected chi connectivity index (χ3v) is 3.38. The fourth-order valence-corrected chi connectivity index (χ4v) is 2.28. The van der Waals surface area contributed by atoms with Crippen molar-refractivity contribution in [2.24, 2.45) is 11.8 Å². The summed E-state index contributed by atoms with van der Waals surface area (Å²) in [5, 5.41) is 3.66. The zero-order chi connectivity index (χ0) is 10.7. The average Bonchev–Trinajstić information content (AvgIpc) is 2.77. The van der Waals surface area contributed by atoms with Crippen LogP contribution < -0.4 is 5.32 Å². The molecule has 1 heterocycles. The van der Waals surface area contributed by atoms with Crippen molar-refractivity contribution in [1.29, 1.82) is 0 Å². The van der Waals surface area contributed by atoms with Crippen molar-refractivity contribution in [1.82, 2.24) is 5.32 Å². The van der Waals surface area contributed by atoms with E-state index in [1.807, 2.05) is 6.26 Å². The Labute approximate surface area is 92.1 Å². The molecule has 2 nitrogen and oxygen atoms in total. The molecule has 1 aromatic heterocycles. The van der Waals surface area contributed by atoms with Crippen molar-refractivity contribution in [3.63, 3.8) is 0 Å². The molecular weight excluding hydrogens is 186 g/mol. The highest BCUT2D eigenvalue weighted by Crippen LogP contribution is 2.41. The van der Waals surface area contributed by atoms with E-state index in [9.17, 15) is 0 Å². The van der Waals surface area contributed by atoms with Crippen LogP contribution in [0.25, 0.3) is 0 Å². The zero-order valence-electron chi connectivity index (χ0n) is 9.70. The summed E-state index contributed by atoms with van der Waals surface area (Å²) in [6.07, 6.45) is 7.35. The van der Waals surface area contributed by atoms with E-state index < -0.39 is 0 Å². The smallest absolute Gasteiger partial charge is 0.0935 e. The molecule has 0 spiro atoms. The van der Waals surface area contributed by atoms with E-state index >= 15 is 0 Å². The molecule has 1 saturated carbocycles. The molecule has 3 unspecified atom stereocenters. The molecule has 0 bridgehead atoms. The van der Waals surface area contributed by atoms with E-state index in [2.05, 4.69) is 25.2 Å². The van der Waals surface area contributed by atoms with Crippen LogP contribution >= 0.6 is 0 Å². The predicted molar refractivity (Wildman–Crippen MR) is 61.8 cm³/mol. The van der Waals surface area contributed by atoms with Crippen LogP contribution in [0.5, 0.6) is 0 Å². The Morgan fingerprint density at radius 2 is 2.40 bits per heavy atom. The van der Waals surface area contributed by atoms with Crippen LogP contribution in [0.2, 0.25) is 0 Å². The number of furan rings is 1. The van der Waals surface area contributed by atoms with Gasteiger partial charge in [0.2, 0.25) is 0 Å². The summed E-state index contributed by atoms with van der Waals surface area (Å²) in [5.74, 6) is 1.79. The van der Waals surface area contributed by atoms with Crippen molar-refractivity contribution in [2.45, 2.75) is 39.2 Å². The van der Waals surface area contributed by atoms with E-state index in [0.717, 1.165) is 24.8 Å². The van der Waals surface area contributed by atoms with Crippen LogP contribution in [0.15, 0.2) is 23.0 Å². The molecule has 0 aliphatic heterocycles. The number of nitrogens with one attached hydrogen (secondary N) is 1. The lowest BCUT2D eigenvalue weighted by Crippen LogP contribution is -2.34. The SMILES string of the molecule is CCCNC(Cc1ccoc1)C1CC1C. The summed E-state index contributed by atoms with van der Waals surface area (Å²) >= 11 is 0. The van der Waals surface area contributed by atoms with Gasteiger partial charge in [0, 0.05) is 6.04 Å². The molecule has 84 valence electrons. The maximum absolute atomic E-state index is 5.12. The topological polar surface area (TPSA) is 25.2 Å². The van der Waals surface area contributed by atoms with Crippen LogP contribution in [-0.2, 0) is 6.42 Å². The highest BCUT2D eigenvalue weighted by Gasteiger charge is 2.38. The Balaban J connectivity index is 1.87. The lowest BCUT2D eigenvalue weighted by atomic mass is 10.0. The van der Waals surface area contributed by atoms with Crippen LogP contribution in [0.4, 0.5) is 0 Å². The first-order valence-electron chi connectivity index (χ1n) is 6.05. The predicted octanol–water partition coefficient (Wildman–Crippen LogP) is 2.85. The van der Waals surface area contributed by atoms with Gasteiger partial charge in [-0.15, -0.1) is 0 Å². The molecule has 0 radical (unpaired) electrons. The molecule has 2 rings (SSSR count). The molecule has 1 aliphatic carbocycles. The second kappa shape index (κ2) is 4.84. The molecule has 3 atom stereocenters. The fraction of sp³-hybridized carbons (Fsp3) is 0.692. The minimum Gasteiger partial charge on any atom is -0.472 e. The van der Waals surface area contributed by atoms with Gasteiger partial charge >= 0.3 is 0 Å². The highest BCUT2D eigenvalue weighted by molar-refractivity contribution is 5.09. The van der Waals surface area contributed by atoms with Crippen LogP contribution in [-0.4, -0.2) is 12.6 Å². The van der Waals surface area contributed by atoms with Crippen molar-refractivity contribution >= 4 is 0 Å². The third-order valence-electron chi connectivity index (χ3n) is 3.38. The van der Waals surface area contributed by atoms with E-state index in [4.69, 9.17) is 4.42 Å². The molecular formula is C13H21NO. The third kappa shape index (κ3) is 2.85. The summed E-state index contributed by atoms with van der Waals surface area (Å²) < 4.78 is 5.12. The van der Waals surface area contributed by atoms with Gasteiger partial charge < -0.3 is 9.73 Å². The first-order valence-corrected chi connectivity index (χ1v) is 6.05. The van der Waals surface area contributed by atoms with Gasteiger partial charge in [-0.05, 0) is 49.3 Å². The lowest BCUT2D eigenvalue weighted by Gasteiger charge is -2.17. The Hall–Kier alpha value is -0.760. The molecule has 0 amide bonds. The van der Waals surface area contributed by atoms with E-state index in [-0.39, 0.29) is 0 Å². The Morgan fingerprint density at radius 3 is 2.93 bits per heavy atom.